The standard InChI is InChI=1S/C17H14ClF3N6O/c1-9-7-13(27-16(22-9)24-15(25-27)17(19,20)21)23-12-5-6-26(14(12)28)11-4-2-3-10(18)8-11/h2-4,7-8,12,23H,5-6H2,1H3. The van der Waals surface area contributed by atoms with Crippen molar-refractivity contribution < 1.29 is 18.0 Å². The second-order valence-corrected chi connectivity index (χ2v) is 6.82. The number of fused-ring (bicyclic) bond motifs is 1. The molecule has 1 aromatic carbocycles. The number of halogens is 4. The quantitative estimate of drug-likeness (QED) is 0.717. The zero-order valence-electron chi connectivity index (χ0n) is 14.5. The number of rotatable bonds is 3. The molecule has 0 spiro atoms. The Bertz CT molecular complexity index is 1070. The summed E-state index contributed by atoms with van der Waals surface area (Å²) in [5.74, 6) is -1.46. The van der Waals surface area contributed by atoms with E-state index in [2.05, 4.69) is 20.4 Å². The van der Waals surface area contributed by atoms with E-state index in [1.165, 1.54) is 6.07 Å². The summed E-state index contributed by atoms with van der Waals surface area (Å²) < 4.78 is 39.8. The number of hydrogen-bond acceptors (Lipinski definition) is 5. The Morgan fingerprint density at radius 1 is 1.25 bits per heavy atom. The fraction of sp³-hybridized carbons (Fsp3) is 0.294. The van der Waals surface area contributed by atoms with Crippen LogP contribution in [0, 0.1) is 6.92 Å². The molecule has 2 aromatic heterocycles. The number of anilines is 2. The molecule has 1 fully saturated rings. The molecule has 3 aromatic rings. The molecule has 1 amide bonds. The van der Waals surface area contributed by atoms with Gasteiger partial charge in [0.15, 0.2) is 0 Å². The summed E-state index contributed by atoms with van der Waals surface area (Å²) >= 11 is 5.99. The third-order valence-electron chi connectivity index (χ3n) is 4.34. The van der Waals surface area contributed by atoms with E-state index in [1.54, 1.807) is 36.1 Å². The van der Waals surface area contributed by atoms with Crippen LogP contribution < -0.4 is 10.2 Å². The number of alkyl halides is 3. The highest BCUT2D eigenvalue weighted by atomic mass is 35.5. The maximum atomic E-state index is 12.9. The molecule has 1 unspecified atom stereocenters. The minimum Gasteiger partial charge on any atom is -0.358 e. The number of amides is 1. The molecule has 4 rings (SSSR count). The Morgan fingerprint density at radius 3 is 2.75 bits per heavy atom. The van der Waals surface area contributed by atoms with Crippen LogP contribution in [-0.2, 0) is 11.0 Å². The Labute approximate surface area is 162 Å². The summed E-state index contributed by atoms with van der Waals surface area (Å²) in [7, 11) is 0. The summed E-state index contributed by atoms with van der Waals surface area (Å²) in [6, 6.07) is 7.81. The van der Waals surface area contributed by atoms with Gasteiger partial charge in [0.25, 0.3) is 11.6 Å². The number of carbonyl (C=O) groups is 1. The highest BCUT2D eigenvalue weighted by Crippen LogP contribution is 2.29. The van der Waals surface area contributed by atoms with E-state index in [0.717, 1.165) is 4.52 Å². The normalized spacial score (nSPS) is 17.5. The summed E-state index contributed by atoms with van der Waals surface area (Å²) in [5.41, 5.74) is 1.12. The highest BCUT2D eigenvalue weighted by Gasteiger charge is 2.37. The molecule has 146 valence electrons. The molecule has 0 radical (unpaired) electrons. The molecule has 1 aliphatic heterocycles. The maximum Gasteiger partial charge on any atom is 0.453 e. The van der Waals surface area contributed by atoms with Crippen molar-refractivity contribution in [1.29, 1.82) is 0 Å². The fourth-order valence-corrected chi connectivity index (χ4v) is 3.29. The molecule has 0 bridgehead atoms. The van der Waals surface area contributed by atoms with Gasteiger partial charge < -0.3 is 10.2 Å². The molecule has 1 N–H and O–H groups in total. The van der Waals surface area contributed by atoms with Gasteiger partial charge in [0.2, 0.25) is 5.91 Å². The number of aromatic nitrogens is 4. The van der Waals surface area contributed by atoms with E-state index >= 15 is 0 Å². The van der Waals surface area contributed by atoms with Crippen molar-refractivity contribution in [2.24, 2.45) is 0 Å². The first-order valence-electron chi connectivity index (χ1n) is 8.37. The second-order valence-electron chi connectivity index (χ2n) is 6.38. The van der Waals surface area contributed by atoms with Crippen LogP contribution >= 0.6 is 11.6 Å². The lowest BCUT2D eigenvalue weighted by Gasteiger charge is -2.18. The molecule has 0 saturated carbocycles. The molecule has 1 saturated heterocycles. The predicted molar refractivity (Wildman–Crippen MR) is 96.4 cm³/mol. The van der Waals surface area contributed by atoms with Crippen molar-refractivity contribution >= 4 is 34.8 Å². The van der Waals surface area contributed by atoms with Crippen LogP contribution in [0.25, 0.3) is 5.78 Å². The van der Waals surface area contributed by atoms with Crippen molar-refractivity contribution in [3.63, 3.8) is 0 Å². The maximum absolute atomic E-state index is 12.9. The largest absolute Gasteiger partial charge is 0.453 e. The van der Waals surface area contributed by atoms with Crippen LogP contribution in [0.2, 0.25) is 5.02 Å². The monoisotopic (exact) mass is 410 g/mol. The lowest BCUT2D eigenvalue weighted by Crippen LogP contribution is -2.34. The molecule has 28 heavy (non-hydrogen) atoms. The van der Waals surface area contributed by atoms with Gasteiger partial charge in [-0.3, -0.25) is 4.79 Å². The summed E-state index contributed by atoms with van der Waals surface area (Å²) in [6.07, 6.45) is -4.22. The number of hydrogen-bond donors (Lipinski definition) is 1. The minimum absolute atomic E-state index is 0.188. The van der Waals surface area contributed by atoms with E-state index in [-0.39, 0.29) is 17.5 Å². The molecule has 11 heteroatoms. The van der Waals surface area contributed by atoms with Crippen LogP contribution in [0.15, 0.2) is 30.3 Å². The van der Waals surface area contributed by atoms with Gasteiger partial charge >= 0.3 is 6.18 Å². The van der Waals surface area contributed by atoms with Gasteiger partial charge in [-0.25, -0.2) is 4.98 Å². The van der Waals surface area contributed by atoms with Crippen molar-refractivity contribution in [2.45, 2.75) is 25.6 Å². The molecule has 1 atom stereocenters. The number of nitrogens with one attached hydrogen (secondary N) is 1. The molecular weight excluding hydrogens is 397 g/mol. The Hall–Kier alpha value is -2.88. The van der Waals surface area contributed by atoms with E-state index in [0.29, 0.717) is 29.4 Å². The van der Waals surface area contributed by atoms with Crippen LogP contribution in [-0.4, -0.2) is 38.1 Å². The molecule has 0 aliphatic carbocycles. The van der Waals surface area contributed by atoms with E-state index < -0.39 is 18.0 Å². The number of carbonyl (C=O) groups excluding carboxylic acids is 1. The summed E-state index contributed by atoms with van der Waals surface area (Å²) in [5, 5.41) is 6.99. The fourth-order valence-electron chi connectivity index (χ4n) is 3.10. The zero-order valence-corrected chi connectivity index (χ0v) is 15.3. The first kappa shape index (κ1) is 18.5. The van der Waals surface area contributed by atoms with E-state index in [1.807, 2.05) is 0 Å². The lowest BCUT2D eigenvalue weighted by molar-refractivity contribution is -0.144. The molecule has 7 nitrogen and oxygen atoms in total. The molecular formula is C17H14ClF3N6O. The van der Waals surface area contributed by atoms with Gasteiger partial charge in [0.05, 0.1) is 0 Å². The average molecular weight is 411 g/mol. The van der Waals surface area contributed by atoms with Crippen LogP contribution in [0.1, 0.15) is 17.9 Å². The third-order valence-corrected chi connectivity index (χ3v) is 4.58. The van der Waals surface area contributed by atoms with Crippen molar-refractivity contribution in [1.82, 2.24) is 19.6 Å². The van der Waals surface area contributed by atoms with Crippen molar-refractivity contribution in [3.8, 4) is 0 Å². The Morgan fingerprint density at radius 2 is 2.04 bits per heavy atom. The van der Waals surface area contributed by atoms with Crippen LogP contribution in [0.4, 0.5) is 24.7 Å². The Balaban J connectivity index is 1.63. The van der Waals surface area contributed by atoms with Crippen LogP contribution in [0.3, 0.4) is 0 Å². The Kier molecular flexibility index (Phi) is 4.37. The second kappa shape index (κ2) is 6.62. The third kappa shape index (κ3) is 3.35. The van der Waals surface area contributed by atoms with Crippen LogP contribution in [0.5, 0.6) is 0 Å². The van der Waals surface area contributed by atoms with Gasteiger partial charge in [-0.2, -0.15) is 22.7 Å². The molecule has 3 heterocycles. The highest BCUT2D eigenvalue weighted by molar-refractivity contribution is 6.31. The smallest absolute Gasteiger partial charge is 0.358 e. The first-order chi connectivity index (χ1) is 13.2. The topological polar surface area (TPSA) is 75.4 Å². The van der Waals surface area contributed by atoms with Crippen molar-refractivity contribution in [2.75, 3.05) is 16.8 Å². The van der Waals surface area contributed by atoms with E-state index in [9.17, 15) is 18.0 Å². The average Bonchev–Trinajstić information content (AvgIpc) is 3.19. The van der Waals surface area contributed by atoms with Gasteiger partial charge in [0.1, 0.15) is 11.9 Å². The number of benzene rings is 1. The van der Waals surface area contributed by atoms with Gasteiger partial charge in [0, 0.05) is 29.0 Å². The summed E-state index contributed by atoms with van der Waals surface area (Å²) in [6.45, 7) is 2.08. The van der Waals surface area contributed by atoms with E-state index in [4.69, 9.17) is 11.6 Å². The first-order valence-corrected chi connectivity index (χ1v) is 8.75. The van der Waals surface area contributed by atoms with Gasteiger partial charge in [-0.1, -0.05) is 17.7 Å². The van der Waals surface area contributed by atoms with Gasteiger partial charge in [-0.05, 0) is 31.5 Å². The SMILES string of the molecule is Cc1cc(NC2CCN(c3cccc(Cl)c3)C2=O)n2nc(C(F)(F)F)nc2n1. The minimum atomic E-state index is -4.69. The predicted octanol–water partition coefficient (Wildman–Crippen LogP) is 3.32. The lowest BCUT2D eigenvalue weighted by atomic mass is 10.2. The number of aryl methyl sites for hydroxylation is 1. The van der Waals surface area contributed by atoms with Gasteiger partial charge in [-0.15, -0.1) is 5.10 Å². The zero-order chi connectivity index (χ0) is 20.1. The summed E-state index contributed by atoms with van der Waals surface area (Å²) in [4.78, 5) is 21.8. The number of nitrogens with zero attached hydrogens (tertiary/aromatic N) is 5. The van der Waals surface area contributed by atoms with Crippen molar-refractivity contribution in [3.05, 3.63) is 46.9 Å². The molecule has 1 aliphatic rings.